The fourth-order valence-electron chi connectivity index (χ4n) is 3.30. The molecule has 2 N–H and O–H groups in total. The molecule has 146 valence electrons. The number of nitrogens with one attached hydrogen (secondary N) is 2. The number of carbonyl (C=O) groups is 2. The van der Waals surface area contributed by atoms with Gasteiger partial charge in [-0.25, -0.2) is 4.79 Å². The highest BCUT2D eigenvalue weighted by Crippen LogP contribution is 2.23. The lowest BCUT2D eigenvalue weighted by molar-refractivity contribution is 0.0599. The van der Waals surface area contributed by atoms with E-state index in [1.165, 1.54) is 7.11 Å². The van der Waals surface area contributed by atoms with Gasteiger partial charge in [0, 0.05) is 29.7 Å². The van der Waals surface area contributed by atoms with Gasteiger partial charge < -0.3 is 19.9 Å². The molecule has 27 heavy (non-hydrogen) atoms. The Hall–Kier alpha value is -2.76. The molecule has 0 atom stereocenters. The lowest BCUT2D eigenvalue weighted by Crippen LogP contribution is -2.30. The van der Waals surface area contributed by atoms with E-state index in [0.29, 0.717) is 40.7 Å². The number of methoxy groups -OCH3 is 1. The van der Waals surface area contributed by atoms with Crippen LogP contribution >= 0.6 is 0 Å². The number of carbonyl (C=O) groups excluding carboxylic acids is 2. The second-order valence-corrected chi connectivity index (χ2v) is 6.70. The number of hydrogen-bond donors (Lipinski definition) is 2. The van der Waals surface area contributed by atoms with E-state index < -0.39 is 5.97 Å². The number of nitrogens with zero attached hydrogens (tertiary/aromatic N) is 1. The third-order valence-corrected chi connectivity index (χ3v) is 4.72. The summed E-state index contributed by atoms with van der Waals surface area (Å²) in [5.41, 5.74) is 3.95. The first kappa shape index (κ1) is 20.6. The number of aromatic amines is 1. The van der Waals surface area contributed by atoms with E-state index in [4.69, 9.17) is 4.74 Å². The van der Waals surface area contributed by atoms with Crippen LogP contribution in [0.3, 0.4) is 0 Å². The lowest BCUT2D eigenvalue weighted by atomic mass is 10.1. The SMILES string of the molecule is CCc1[nH]c(C(=O)Nc2ccc(N(CC)C(C)C)cc2)c(C)c1C(=O)OC. The Balaban J connectivity index is 2.23. The fourth-order valence-corrected chi connectivity index (χ4v) is 3.30. The molecule has 0 radical (unpaired) electrons. The van der Waals surface area contributed by atoms with Crippen LogP contribution in [0.5, 0.6) is 0 Å². The van der Waals surface area contributed by atoms with E-state index >= 15 is 0 Å². The number of H-pyrrole nitrogens is 1. The van der Waals surface area contributed by atoms with Crippen LogP contribution in [0.2, 0.25) is 0 Å². The van der Waals surface area contributed by atoms with Crippen molar-refractivity contribution in [3.8, 4) is 0 Å². The second kappa shape index (κ2) is 8.75. The molecule has 0 spiro atoms. The first-order chi connectivity index (χ1) is 12.8. The smallest absolute Gasteiger partial charge is 0.339 e. The van der Waals surface area contributed by atoms with Crippen LogP contribution in [0.25, 0.3) is 0 Å². The average Bonchev–Trinajstić information content (AvgIpc) is 2.99. The van der Waals surface area contributed by atoms with Crippen molar-refractivity contribution in [2.24, 2.45) is 0 Å². The molecule has 6 nitrogen and oxygen atoms in total. The minimum atomic E-state index is -0.433. The zero-order valence-electron chi connectivity index (χ0n) is 17.0. The van der Waals surface area contributed by atoms with Crippen molar-refractivity contribution in [2.45, 2.75) is 47.1 Å². The number of rotatable bonds is 7. The Labute approximate surface area is 160 Å². The number of ether oxygens (including phenoxy) is 1. The molecular weight excluding hydrogens is 342 g/mol. The first-order valence-electron chi connectivity index (χ1n) is 9.31. The van der Waals surface area contributed by atoms with Gasteiger partial charge in [-0.3, -0.25) is 4.79 Å². The molecule has 0 aliphatic rings. The number of esters is 1. The minimum Gasteiger partial charge on any atom is -0.465 e. The molecule has 1 aromatic heterocycles. The van der Waals surface area contributed by atoms with E-state index in [-0.39, 0.29) is 5.91 Å². The molecule has 0 unspecified atom stereocenters. The van der Waals surface area contributed by atoms with Gasteiger partial charge in [-0.2, -0.15) is 0 Å². The maximum Gasteiger partial charge on any atom is 0.339 e. The quantitative estimate of drug-likeness (QED) is 0.717. The molecule has 6 heteroatoms. The highest BCUT2D eigenvalue weighted by atomic mass is 16.5. The summed E-state index contributed by atoms with van der Waals surface area (Å²) in [6.07, 6.45) is 0.606. The number of amides is 1. The Bertz CT molecular complexity index is 807. The van der Waals surface area contributed by atoms with Crippen molar-refractivity contribution in [1.82, 2.24) is 4.98 Å². The highest BCUT2D eigenvalue weighted by molar-refractivity contribution is 6.06. The first-order valence-corrected chi connectivity index (χ1v) is 9.31. The normalized spacial score (nSPS) is 10.8. The van der Waals surface area contributed by atoms with Crippen molar-refractivity contribution in [1.29, 1.82) is 0 Å². The van der Waals surface area contributed by atoms with Gasteiger partial charge in [0.1, 0.15) is 5.69 Å². The summed E-state index contributed by atoms with van der Waals surface area (Å²) in [7, 11) is 1.34. The highest BCUT2D eigenvalue weighted by Gasteiger charge is 2.23. The predicted molar refractivity (Wildman–Crippen MR) is 109 cm³/mol. The van der Waals surface area contributed by atoms with E-state index in [2.05, 4.69) is 36.0 Å². The van der Waals surface area contributed by atoms with Gasteiger partial charge in [0.2, 0.25) is 0 Å². The third kappa shape index (κ3) is 4.32. The largest absolute Gasteiger partial charge is 0.465 e. The van der Waals surface area contributed by atoms with Gasteiger partial charge in [-0.1, -0.05) is 6.92 Å². The summed E-state index contributed by atoms with van der Waals surface area (Å²) in [5, 5.41) is 2.89. The Morgan fingerprint density at radius 3 is 2.30 bits per heavy atom. The molecule has 1 aromatic carbocycles. The summed E-state index contributed by atoms with van der Waals surface area (Å²) in [5.74, 6) is -0.710. The number of anilines is 2. The molecule has 0 aliphatic heterocycles. The van der Waals surface area contributed by atoms with Crippen LogP contribution in [-0.2, 0) is 11.2 Å². The molecule has 1 amide bonds. The van der Waals surface area contributed by atoms with Crippen molar-refractivity contribution < 1.29 is 14.3 Å². The van der Waals surface area contributed by atoms with Gasteiger partial charge in [-0.05, 0) is 63.9 Å². The predicted octanol–water partition coefficient (Wildman–Crippen LogP) is 4.16. The molecule has 1 heterocycles. The summed E-state index contributed by atoms with van der Waals surface area (Å²) in [4.78, 5) is 30.1. The van der Waals surface area contributed by atoms with Gasteiger partial charge >= 0.3 is 5.97 Å². The van der Waals surface area contributed by atoms with Crippen molar-refractivity contribution in [2.75, 3.05) is 23.9 Å². The van der Waals surface area contributed by atoms with Gasteiger partial charge in [0.05, 0.1) is 12.7 Å². The average molecular weight is 371 g/mol. The Morgan fingerprint density at radius 2 is 1.81 bits per heavy atom. The summed E-state index contributed by atoms with van der Waals surface area (Å²) >= 11 is 0. The minimum absolute atomic E-state index is 0.277. The molecular formula is C21H29N3O3. The monoisotopic (exact) mass is 371 g/mol. The molecule has 0 aliphatic carbocycles. The molecule has 0 bridgehead atoms. The Kier molecular flexibility index (Phi) is 6.66. The molecule has 0 fully saturated rings. The number of aromatic nitrogens is 1. The molecule has 0 saturated heterocycles. The van der Waals surface area contributed by atoms with Gasteiger partial charge in [0.15, 0.2) is 0 Å². The van der Waals surface area contributed by atoms with Crippen molar-refractivity contribution >= 4 is 23.3 Å². The second-order valence-electron chi connectivity index (χ2n) is 6.70. The number of hydrogen-bond acceptors (Lipinski definition) is 4. The van der Waals surface area contributed by atoms with E-state index in [0.717, 1.165) is 12.2 Å². The van der Waals surface area contributed by atoms with Crippen molar-refractivity contribution in [3.05, 3.63) is 46.8 Å². The standard InChI is InChI=1S/C21H29N3O3/c1-7-17-18(21(26)27-6)14(5)19(23-17)20(25)22-15-9-11-16(12-10-15)24(8-2)13(3)4/h9-13,23H,7-8H2,1-6H3,(H,22,25). The zero-order chi connectivity index (χ0) is 20.1. The zero-order valence-corrected chi connectivity index (χ0v) is 17.0. The summed E-state index contributed by atoms with van der Waals surface area (Å²) < 4.78 is 4.84. The van der Waals surface area contributed by atoms with E-state index in [9.17, 15) is 9.59 Å². The van der Waals surface area contributed by atoms with Crippen LogP contribution in [0, 0.1) is 6.92 Å². The van der Waals surface area contributed by atoms with Crippen LogP contribution in [0.4, 0.5) is 11.4 Å². The third-order valence-electron chi connectivity index (χ3n) is 4.72. The van der Waals surface area contributed by atoms with Crippen LogP contribution < -0.4 is 10.2 Å². The number of benzene rings is 1. The van der Waals surface area contributed by atoms with E-state index in [1.807, 2.05) is 31.2 Å². The Morgan fingerprint density at radius 1 is 1.19 bits per heavy atom. The topological polar surface area (TPSA) is 74.4 Å². The van der Waals surface area contributed by atoms with Crippen LogP contribution in [0.15, 0.2) is 24.3 Å². The van der Waals surface area contributed by atoms with E-state index in [1.54, 1.807) is 6.92 Å². The molecule has 2 rings (SSSR count). The maximum atomic E-state index is 12.7. The summed E-state index contributed by atoms with van der Waals surface area (Å²) in [6.45, 7) is 11.0. The van der Waals surface area contributed by atoms with Crippen LogP contribution in [-0.4, -0.2) is 36.6 Å². The fraction of sp³-hybridized carbons (Fsp3) is 0.429. The van der Waals surface area contributed by atoms with Gasteiger partial charge in [-0.15, -0.1) is 0 Å². The maximum absolute atomic E-state index is 12.7. The van der Waals surface area contributed by atoms with Gasteiger partial charge in [0.25, 0.3) is 5.91 Å². The lowest BCUT2D eigenvalue weighted by Gasteiger charge is -2.27. The molecule has 2 aromatic rings. The molecule has 0 saturated carbocycles. The number of aryl methyl sites for hydroxylation is 1. The summed E-state index contributed by atoms with van der Waals surface area (Å²) in [6, 6.07) is 8.17. The van der Waals surface area contributed by atoms with Crippen LogP contribution in [0.1, 0.15) is 59.8 Å². The van der Waals surface area contributed by atoms with Crippen molar-refractivity contribution in [3.63, 3.8) is 0 Å².